The molecular weight excluding hydrogens is 479 g/mol. The number of methoxy groups -OCH3 is 1. The van der Waals surface area contributed by atoms with E-state index in [-0.39, 0.29) is 18.9 Å². The summed E-state index contributed by atoms with van der Waals surface area (Å²) in [5.74, 6) is 1.89. The van der Waals surface area contributed by atoms with Crippen LogP contribution in [-0.4, -0.2) is 46.5 Å². The van der Waals surface area contributed by atoms with Crippen molar-refractivity contribution in [2.24, 2.45) is 0 Å². The van der Waals surface area contributed by atoms with Crippen LogP contribution in [0.4, 0.5) is 5.69 Å². The average molecular weight is 505 g/mol. The lowest BCUT2D eigenvalue weighted by Crippen LogP contribution is -2.32. The molecule has 6 nitrogen and oxygen atoms in total. The zero-order valence-electron chi connectivity index (χ0n) is 17.4. The summed E-state index contributed by atoms with van der Waals surface area (Å²) in [4.78, 5) is 12.1. The minimum absolute atomic E-state index is 0.108. The maximum absolute atomic E-state index is 12.2. The fourth-order valence-electron chi connectivity index (χ4n) is 2.85. The van der Waals surface area contributed by atoms with Crippen LogP contribution in [0, 0.1) is 0 Å². The van der Waals surface area contributed by atoms with E-state index in [1.165, 1.54) is 11.4 Å². The summed E-state index contributed by atoms with van der Waals surface area (Å²) in [6.45, 7) is 0.728. The number of nitrogens with zero attached hydrogens (tertiary/aromatic N) is 1. The number of rotatable bonds is 12. The van der Waals surface area contributed by atoms with Gasteiger partial charge in [-0.3, -0.25) is 9.10 Å². The molecule has 170 valence electrons. The number of para-hydroxylation sites is 2. The van der Waals surface area contributed by atoms with Gasteiger partial charge < -0.3 is 10.1 Å². The Hall–Kier alpha value is -1.61. The Labute approximate surface area is 198 Å². The summed E-state index contributed by atoms with van der Waals surface area (Å²) in [6, 6.07) is 12.4. The lowest BCUT2D eigenvalue weighted by molar-refractivity contribution is -0.121. The Morgan fingerprint density at radius 1 is 1.16 bits per heavy atom. The first-order chi connectivity index (χ1) is 14.7. The van der Waals surface area contributed by atoms with Crippen molar-refractivity contribution in [3.63, 3.8) is 0 Å². The molecule has 0 radical (unpaired) electrons. The van der Waals surface area contributed by atoms with E-state index >= 15 is 0 Å². The molecule has 2 aromatic rings. The first-order valence-electron chi connectivity index (χ1n) is 9.61. The highest BCUT2D eigenvalue weighted by Crippen LogP contribution is 2.29. The van der Waals surface area contributed by atoms with E-state index < -0.39 is 10.0 Å². The van der Waals surface area contributed by atoms with E-state index in [0.29, 0.717) is 34.4 Å². The van der Waals surface area contributed by atoms with Gasteiger partial charge in [0.15, 0.2) is 0 Å². The summed E-state index contributed by atoms with van der Waals surface area (Å²) < 4.78 is 31.0. The van der Waals surface area contributed by atoms with Crippen molar-refractivity contribution in [3.05, 3.63) is 58.1 Å². The second-order valence-corrected chi connectivity index (χ2v) is 10.6. The molecule has 0 spiro atoms. The Morgan fingerprint density at radius 2 is 1.90 bits per heavy atom. The van der Waals surface area contributed by atoms with Gasteiger partial charge in [-0.25, -0.2) is 8.42 Å². The number of hydrogen-bond acceptors (Lipinski definition) is 5. The van der Waals surface area contributed by atoms with Crippen molar-refractivity contribution in [2.75, 3.05) is 36.5 Å². The zero-order valence-corrected chi connectivity index (χ0v) is 20.6. The molecule has 0 aliphatic heterocycles. The van der Waals surface area contributed by atoms with Gasteiger partial charge in [0.1, 0.15) is 5.75 Å². The molecule has 0 saturated carbocycles. The summed E-state index contributed by atoms with van der Waals surface area (Å²) in [5.41, 5.74) is 1.54. The van der Waals surface area contributed by atoms with E-state index in [9.17, 15) is 13.2 Å². The van der Waals surface area contributed by atoms with Gasteiger partial charge in [-0.05, 0) is 36.2 Å². The first-order valence-corrected chi connectivity index (χ1v) is 13.4. The Bertz CT molecular complexity index is 987. The third-order valence-electron chi connectivity index (χ3n) is 4.34. The number of benzene rings is 2. The second-order valence-electron chi connectivity index (χ2n) is 6.76. The molecule has 0 bridgehead atoms. The van der Waals surface area contributed by atoms with Crippen molar-refractivity contribution >= 4 is 56.6 Å². The molecule has 1 N–H and O–H groups in total. The van der Waals surface area contributed by atoms with Crippen molar-refractivity contribution < 1.29 is 17.9 Å². The molecule has 0 unspecified atom stereocenters. The van der Waals surface area contributed by atoms with Gasteiger partial charge in [0.25, 0.3) is 0 Å². The zero-order chi connectivity index (χ0) is 22.9. The molecule has 0 aliphatic rings. The van der Waals surface area contributed by atoms with Crippen LogP contribution in [0.25, 0.3) is 0 Å². The Morgan fingerprint density at radius 3 is 2.58 bits per heavy atom. The quantitative estimate of drug-likeness (QED) is 0.427. The van der Waals surface area contributed by atoms with Crippen LogP contribution >= 0.6 is 35.0 Å². The van der Waals surface area contributed by atoms with Crippen molar-refractivity contribution in [1.82, 2.24) is 5.32 Å². The van der Waals surface area contributed by atoms with E-state index in [1.54, 1.807) is 42.1 Å². The second kappa shape index (κ2) is 12.4. The van der Waals surface area contributed by atoms with Gasteiger partial charge in [0.2, 0.25) is 15.9 Å². The fourth-order valence-corrected chi connectivity index (χ4v) is 4.95. The lowest BCUT2D eigenvalue weighted by atomic mass is 10.2. The molecule has 0 aliphatic carbocycles. The monoisotopic (exact) mass is 504 g/mol. The molecule has 2 rings (SSSR count). The van der Waals surface area contributed by atoms with Crippen LogP contribution in [-0.2, 0) is 20.6 Å². The topological polar surface area (TPSA) is 75.7 Å². The van der Waals surface area contributed by atoms with E-state index in [2.05, 4.69) is 5.32 Å². The van der Waals surface area contributed by atoms with Gasteiger partial charge in [-0.2, -0.15) is 11.8 Å². The fraction of sp³-hybridized carbons (Fsp3) is 0.381. The molecule has 0 saturated heterocycles. The summed E-state index contributed by atoms with van der Waals surface area (Å²) in [5, 5.41) is 3.93. The molecule has 31 heavy (non-hydrogen) atoms. The average Bonchev–Trinajstić information content (AvgIpc) is 2.72. The van der Waals surface area contributed by atoms with Crippen LogP contribution in [0.2, 0.25) is 10.0 Å². The molecular formula is C21H26Cl2N2O4S2. The summed E-state index contributed by atoms with van der Waals surface area (Å²) in [6.07, 6.45) is 1.77. The number of anilines is 1. The van der Waals surface area contributed by atoms with Crippen LogP contribution in [0.15, 0.2) is 42.5 Å². The summed E-state index contributed by atoms with van der Waals surface area (Å²) in [7, 11) is -2.01. The van der Waals surface area contributed by atoms with Gasteiger partial charge in [-0.1, -0.05) is 41.4 Å². The van der Waals surface area contributed by atoms with Crippen LogP contribution in [0.5, 0.6) is 5.75 Å². The lowest BCUT2D eigenvalue weighted by Gasteiger charge is -2.24. The van der Waals surface area contributed by atoms with E-state index in [0.717, 1.165) is 23.3 Å². The number of amides is 1. The van der Waals surface area contributed by atoms with Crippen LogP contribution in [0.1, 0.15) is 18.4 Å². The van der Waals surface area contributed by atoms with E-state index in [4.69, 9.17) is 27.9 Å². The third kappa shape index (κ3) is 8.44. The van der Waals surface area contributed by atoms with Crippen LogP contribution in [0.3, 0.4) is 0 Å². The molecule has 0 heterocycles. The molecule has 0 aromatic heterocycles. The molecule has 10 heteroatoms. The number of carbonyl (C=O) groups excluding carboxylic acids is 1. The largest absolute Gasteiger partial charge is 0.495 e. The first kappa shape index (κ1) is 25.6. The highest BCUT2D eigenvalue weighted by atomic mass is 35.5. The normalized spacial score (nSPS) is 11.2. The van der Waals surface area contributed by atoms with Gasteiger partial charge in [-0.15, -0.1) is 0 Å². The number of thioether (sulfide) groups is 1. The number of ether oxygens (including phenoxy) is 1. The molecule has 1 amide bonds. The predicted molar refractivity (Wildman–Crippen MR) is 130 cm³/mol. The minimum Gasteiger partial charge on any atom is -0.495 e. The number of halogens is 2. The predicted octanol–water partition coefficient (Wildman–Crippen LogP) is 4.60. The van der Waals surface area contributed by atoms with E-state index in [1.807, 2.05) is 12.1 Å². The van der Waals surface area contributed by atoms with Crippen molar-refractivity contribution in [2.45, 2.75) is 18.6 Å². The number of nitrogens with one attached hydrogen (secondary N) is 1. The van der Waals surface area contributed by atoms with Gasteiger partial charge in [0.05, 0.1) is 29.1 Å². The SMILES string of the molecule is COc1ccccc1N(CCCC(=O)NCCSCc1ccc(Cl)c(Cl)c1)S(C)(=O)=O. The highest BCUT2D eigenvalue weighted by Gasteiger charge is 2.20. The molecule has 0 fully saturated rings. The maximum atomic E-state index is 12.2. The van der Waals surface area contributed by atoms with Crippen LogP contribution < -0.4 is 14.4 Å². The maximum Gasteiger partial charge on any atom is 0.232 e. The highest BCUT2D eigenvalue weighted by molar-refractivity contribution is 7.98. The smallest absolute Gasteiger partial charge is 0.232 e. The molecule has 0 atom stereocenters. The number of hydrogen-bond donors (Lipinski definition) is 1. The molecule has 2 aromatic carbocycles. The Kier molecular flexibility index (Phi) is 10.3. The minimum atomic E-state index is -3.50. The van der Waals surface area contributed by atoms with Gasteiger partial charge >= 0.3 is 0 Å². The van der Waals surface area contributed by atoms with Crippen molar-refractivity contribution in [1.29, 1.82) is 0 Å². The standard InChI is InChI=1S/C21H26Cl2N2O4S2/c1-29-20-7-4-3-6-19(20)25(31(2,27)28)12-5-8-21(26)24-11-13-30-15-16-9-10-17(22)18(23)14-16/h3-4,6-7,9-10,14H,5,8,11-13,15H2,1-2H3,(H,24,26). The van der Waals surface area contributed by atoms with Crippen molar-refractivity contribution in [3.8, 4) is 5.75 Å². The Balaban J connectivity index is 1.74. The van der Waals surface area contributed by atoms with Gasteiger partial charge in [0, 0.05) is 31.0 Å². The number of sulfonamides is 1. The summed E-state index contributed by atoms with van der Waals surface area (Å²) >= 11 is 13.6. The third-order valence-corrected chi connectivity index (χ3v) is 7.29. The number of carbonyl (C=O) groups is 1.